The summed E-state index contributed by atoms with van der Waals surface area (Å²) in [5.41, 5.74) is 1.13. The minimum absolute atomic E-state index is 0.976. The molecule has 0 saturated carbocycles. The number of alkyl halides is 1. The zero-order valence-electron chi connectivity index (χ0n) is 6.18. The summed E-state index contributed by atoms with van der Waals surface area (Å²) in [4.78, 5) is 4.14. The predicted molar refractivity (Wildman–Crippen MR) is 50.9 cm³/mol. The smallest absolute Gasteiger partial charge is 0.0266 e. The Kier molecular flexibility index (Phi) is 6.50. The summed E-state index contributed by atoms with van der Waals surface area (Å²) in [6.07, 6.45) is 6.29. The molecular weight excluding hydrogens is 190 g/mol. The Labute approximate surface area is 70.7 Å². The molecule has 0 bridgehead atoms. The van der Waals surface area contributed by atoms with E-state index in [1.165, 1.54) is 0 Å². The van der Waals surface area contributed by atoms with E-state index in [4.69, 9.17) is 0 Å². The fraction of sp³-hybridized carbons (Fsp3) is 0.375. The van der Waals surface area contributed by atoms with E-state index in [2.05, 4.69) is 27.5 Å². The van der Waals surface area contributed by atoms with Crippen LogP contribution in [0.1, 0.15) is 13.3 Å². The van der Waals surface area contributed by atoms with Crippen LogP contribution in [0.3, 0.4) is 0 Å². The van der Waals surface area contributed by atoms with E-state index >= 15 is 0 Å². The SMILES string of the molecule is C=C/C=C\N=C(/C)CCBr. The van der Waals surface area contributed by atoms with E-state index in [1.54, 1.807) is 12.3 Å². The molecule has 0 saturated heterocycles. The van der Waals surface area contributed by atoms with Gasteiger partial charge >= 0.3 is 0 Å². The average molecular weight is 202 g/mol. The van der Waals surface area contributed by atoms with Gasteiger partial charge < -0.3 is 0 Å². The summed E-state index contributed by atoms with van der Waals surface area (Å²) in [7, 11) is 0. The molecule has 0 amide bonds. The summed E-state index contributed by atoms with van der Waals surface area (Å²) < 4.78 is 0. The minimum atomic E-state index is 0.976. The van der Waals surface area contributed by atoms with Crippen LogP contribution in [-0.4, -0.2) is 11.0 Å². The molecule has 0 aromatic heterocycles. The first-order chi connectivity index (χ1) is 4.81. The number of halogens is 1. The molecule has 1 nitrogen and oxygen atoms in total. The second kappa shape index (κ2) is 6.75. The van der Waals surface area contributed by atoms with Gasteiger partial charge in [0.2, 0.25) is 0 Å². The quantitative estimate of drug-likeness (QED) is 0.377. The third-order valence-corrected chi connectivity index (χ3v) is 1.37. The Morgan fingerprint density at radius 2 is 2.40 bits per heavy atom. The molecule has 0 unspecified atom stereocenters. The lowest BCUT2D eigenvalue weighted by molar-refractivity contribution is 1.28. The number of rotatable bonds is 4. The zero-order chi connectivity index (χ0) is 7.82. The van der Waals surface area contributed by atoms with Crippen LogP contribution in [-0.2, 0) is 0 Å². The molecule has 10 heavy (non-hydrogen) atoms. The van der Waals surface area contributed by atoms with Gasteiger partial charge in [0.25, 0.3) is 0 Å². The molecule has 0 N–H and O–H groups in total. The van der Waals surface area contributed by atoms with Crippen LogP contribution < -0.4 is 0 Å². The molecule has 0 fully saturated rings. The normalized spacial score (nSPS) is 12.4. The second-order valence-corrected chi connectivity index (χ2v) is 2.67. The Bertz CT molecular complexity index is 147. The molecule has 2 heteroatoms. The molecule has 0 aliphatic heterocycles. The summed E-state index contributed by atoms with van der Waals surface area (Å²) in [6, 6.07) is 0. The lowest BCUT2D eigenvalue weighted by Gasteiger charge is -1.90. The highest BCUT2D eigenvalue weighted by molar-refractivity contribution is 9.09. The third-order valence-electron chi connectivity index (χ3n) is 0.973. The van der Waals surface area contributed by atoms with E-state index in [0.717, 1.165) is 17.5 Å². The Hall–Kier alpha value is -0.370. The Balaban J connectivity index is 3.67. The predicted octanol–water partition coefficient (Wildman–Crippen LogP) is 2.93. The first-order valence-electron chi connectivity index (χ1n) is 3.18. The summed E-state index contributed by atoms with van der Waals surface area (Å²) >= 11 is 3.33. The van der Waals surface area contributed by atoms with Gasteiger partial charge in [0.05, 0.1) is 0 Å². The monoisotopic (exact) mass is 201 g/mol. The number of aliphatic imine (C=N–C) groups is 1. The van der Waals surface area contributed by atoms with Gasteiger partial charge in [0.15, 0.2) is 0 Å². The van der Waals surface area contributed by atoms with Crippen molar-refractivity contribution in [2.45, 2.75) is 13.3 Å². The molecular formula is C8H12BrN. The van der Waals surface area contributed by atoms with Gasteiger partial charge in [-0.1, -0.05) is 28.6 Å². The zero-order valence-corrected chi connectivity index (χ0v) is 7.76. The average Bonchev–Trinajstić information content (AvgIpc) is 1.89. The maximum Gasteiger partial charge on any atom is 0.0266 e. The summed E-state index contributed by atoms with van der Waals surface area (Å²) in [6.45, 7) is 5.55. The number of nitrogens with zero attached hydrogens (tertiary/aromatic N) is 1. The molecule has 0 heterocycles. The maximum absolute atomic E-state index is 4.14. The van der Waals surface area contributed by atoms with Crippen LogP contribution in [0.15, 0.2) is 29.9 Å². The van der Waals surface area contributed by atoms with Crippen LogP contribution in [0.4, 0.5) is 0 Å². The highest BCUT2D eigenvalue weighted by Crippen LogP contribution is 1.91. The van der Waals surface area contributed by atoms with Crippen molar-refractivity contribution in [1.29, 1.82) is 0 Å². The molecule has 0 aliphatic rings. The van der Waals surface area contributed by atoms with Gasteiger partial charge in [0.1, 0.15) is 0 Å². The first-order valence-corrected chi connectivity index (χ1v) is 4.30. The fourth-order valence-electron chi connectivity index (χ4n) is 0.432. The van der Waals surface area contributed by atoms with Crippen LogP contribution in [0, 0.1) is 0 Å². The fourth-order valence-corrected chi connectivity index (χ4v) is 1.01. The van der Waals surface area contributed by atoms with Crippen molar-refractivity contribution in [2.24, 2.45) is 4.99 Å². The highest BCUT2D eigenvalue weighted by atomic mass is 79.9. The van der Waals surface area contributed by atoms with Crippen LogP contribution in [0.5, 0.6) is 0 Å². The highest BCUT2D eigenvalue weighted by Gasteiger charge is 1.84. The van der Waals surface area contributed by atoms with Crippen LogP contribution >= 0.6 is 15.9 Å². The van der Waals surface area contributed by atoms with E-state index in [-0.39, 0.29) is 0 Å². The van der Waals surface area contributed by atoms with Crippen molar-refractivity contribution in [3.8, 4) is 0 Å². The summed E-state index contributed by atoms with van der Waals surface area (Å²) in [5, 5.41) is 0.976. The topological polar surface area (TPSA) is 12.4 Å². The number of hydrogen-bond donors (Lipinski definition) is 0. The Morgan fingerprint density at radius 1 is 1.70 bits per heavy atom. The van der Waals surface area contributed by atoms with Gasteiger partial charge in [-0.25, -0.2) is 0 Å². The molecule has 0 rings (SSSR count). The first kappa shape index (κ1) is 9.63. The second-order valence-electron chi connectivity index (χ2n) is 1.88. The molecule has 0 spiro atoms. The van der Waals surface area contributed by atoms with Crippen molar-refractivity contribution in [1.82, 2.24) is 0 Å². The van der Waals surface area contributed by atoms with Gasteiger partial charge in [-0.2, -0.15) is 0 Å². The lowest BCUT2D eigenvalue weighted by Crippen LogP contribution is -1.89. The molecule has 0 aromatic rings. The van der Waals surface area contributed by atoms with Gasteiger partial charge in [-0.05, 0) is 19.4 Å². The third kappa shape index (κ3) is 5.76. The Morgan fingerprint density at radius 3 is 2.90 bits per heavy atom. The summed E-state index contributed by atoms with van der Waals surface area (Å²) in [5.74, 6) is 0. The van der Waals surface area contributed by atoms with E-state index in [9.17, 15) is 0 Å². The number of hydrogen-bond acceptors (Lipinski definition) is 1. The van der Waals surface area contributed by atoms with Gasteiger partial charge in [-0.15, -0.1) is 0 Å². The van der Waals surface area contributed by atoms with E-state index in [1.807, 2.05) is 13.0 Å². The van der Waals surface area contributed by atoms with E-state index < -0.39 is 0 Å². The number of allylic oxidation sites excluding steroid dienone is 2. The standard InChI is InChI=1S/C8H12BrN/c1-3-4-7-10-8(2)5-6-9/h3-4,7H,1,5-6H2,2H3/b7-4-,10-8+. The van der Waals surface area contributed by atoms with Crippen LogP contribution in [0.2, 0.25) is 0 Å². The molecule has 0 aliphatic carbocycles. The van der Waals surface area contributed by atoms with Crippen molar-refractivity contribution in [2.75, 3.05) is 5.33 Å². The van der Waals surface area contributed by atoms with Gasteiger partial charge in [0, 0.05) is 17.2 Å². The molecule has 0 radical (unpaired) electrons. The van der Waals surface area contributed by atoms with Gasteiger partial charge in [-0.3, -0.25) is 4.99 Å². The largest absolute Gasteiger partial charge is 0.266 e. The van der Waals surface area contributed by atoms with Crippen molar-refractivity contribution < 1.29 is 0 Å². The molecule has 0 aromatic carbocycles. The van der Waals surface area contributed by atoms with Crippen molar-refractivity contribution >= 4 is 21.6 Å². The van der Waals surface area contributed by atoms with Crippen molar-refractivity contribution in [3.63, 3.8) is 0 Å². The van der Waals surface area contributed by atoms with Crippen LogP contribution in [0.25, 0.3) is 0 Å². The lowest BCUT2D eigenvalue weighted by atomic mass is 10.3. The van der Waals surface area contributed by atoms with Crippen molar-refractivity contribution in [3.05, 3.63) is 24.9 Å². The minimum Gasteiger partial charge on any atom is -0.266 e. The molecule has 0 atom stereocenters. The maximum atomic E-state index is 4.14. The molecule has 56 valence electrons. The van der Waals surface area contributed by atoms with E-state index in [0.29, 0.717) is 0 Å².